The maximum absolute atomic E-state index is 13.4. The molecule has 2 amide bonds. The first kappa shape index (κ1) is 23.3. The highest BCUT2D eigenvalue weighted by atomic mass is 32.2. The molecule has 2 N–H and O–H groups in total. The Labute approximate surface area is 189 Å². The van der Waals surface area contributed by atoms with E-state index in [0.29, 0.717) is 34.5 Å². The summed E-state index contributed by atoms with van der Waals surface area (Å²) >= 11 is 1.22. The number of rotatable bonds is 9. The van der Waals surface area contributed by atoms with Gasteiger partial charge in [0, 0.05) is 17.8 Å². The van der Waals surface area contributed by atoms with Crippen LogP contribution in [0.25, 0.3) is 0 Å². The van der Waals surface area contributed by atoms with Crippen LogP contribution in [0.1, 0.15) is 28.7 Å². The number of carbonyl (C=O) groups excluding carboxylic acids is 2. The van der Waals surface area contributed by atoms with Crippen LogP contribution in [-0.2, 0) is 17.9 Å². The Bertz CT molecular complexity index is 1120. The molecule has 3 aromatic rings. The van der Waals surface area contributed by atoms with Gasteiger partial charge in [0.1, 0.15) is 11.6 Å². The minimum Gasteiger partial charge on any atom is -0.497 e. The normalized spacial score (nSPS) is 10.6. The van der Waals surface area contributed by atoms with Gasteiger partial charge < -0.3 is 19.9 Å². The summed E-state index contributed by atoms with van der Waals surface area (Å²) in [6.45, 7) is 4.48. The van der Waals surface area contributed by atoms with Crippen LogP contribution < -0.4 is 15.4 Å². The van der Waals surface area contributed by atoms with Gasteiger partial charge in [0.05, 0.1) is 19.4 Å². The average molecular weight is 458 g/mol. The van der Waals surface area contributed by atoms with Gasteiger partial charge in [-0.3, -0.25) is 9.59 Å². The van der Waals surface area contributed by atoms with Crippen molar-refractivity contribution in [1.29, 1.82) is 0 Å². The van der Waals surface area contributed by atoms with E-state index in [2.05, 4.69) is 20.8 Å². The van der Waals surface area contributed by atoms with E-state index in [1.54, 1.807) is 44.4 Å². The van der Waals surface area contributed by atoms with E-state index in [4.69, 9.17) is 4.74 Å². The second kappa shape index (κ2) is 10.8. The van der Waals surface area contributed by atoms with Crippen molar-refractivity contribution in [3.63, 3.8) is 0 Å². The summed E-state index contributed by atoms with van der Waals surface area (Å²) < 4.78 is 20.4. The number of aryl methyl sites for hydroxylation is 1. The number of methoxy groups -OCH3 is 1. The Balaban J connectivity index is 1.58. The van der Waals surface area contributed by atoms with E-state index in [1.165, 1.54) is 23.9 Å². The molecule has 1 heterocycles. The fraction of sp³-hybridized carbons (Fsp3) is 0.273. The van der Waals surface area contributed by atoms with E-state index in [-0.39, 0.29) is 24.1 Å². The van der Waals surface area contributed by atoms with Crippen molar-refractivity contribution in [2.24, 2.45) is 0 Å². The number of benzene rings is 2. The van der Waals surface area contributed by atoms with Gasteiger partial charge in [0.25, 0.3) is 5.91 Å². The highest BCUT2D eigenvalue weighted by Crippen LogP contribution is 2.20. The molecule has 0 bridgehead atoms. The van der Waals surface area contributed by atoms with Crippen LogP contribution in [0.3, 0.4) is 0 Å². The van der Waals surface area contributed by atoms with Gasteiger partial charge in [-0.25, -0.2) is 4.39 Å². The van der Waals surface area contributed by atoms with Gasteiger partial charge >= 0.3 is 0 Å². The van der Waals surface area contributed by atoms with Gasteiger partial charge in [0.2, 0.25) is 5.91 Å². The third kappa shape index (κ3) is 5.85. The fourth-order valence-corrected chi connectivity index (χ4v) is 3.77. The molecule has 0 aliphatic carbocycles. The third-order valence-corrected chi connectivity index (χ3v) is 5.62. The topological polar surface area (TPSA) is 98.1 Å². The zero-order valence-corrected chi connectivity index (χ0v) is 18.8. The summed E-state index contributed by atoms with van der Waals surface area (Å²) in [5, 5.41) is 14.4. The van der Waals surface area contributed by atoms with Crippen molar-refractivity contribution >= 4 is 29.3 Å². The fourth-order valence-electron chi connectivity index (χ4n) is 2.95. The zero-order valence-electron chi connectivity index (χ0n) is 18.0. The lowest BCUT2D eigenvalue weighted by atomic mass is 10.2. The number of aromatic nitrogens is 3. The molecule has 0 spiro atoms. The number of nitrogens with zero attached hydrogens (tertiary/aromatic N) is 3. The van der Waals surface area contributed by atoms with Gasteiger partial charge in [-0.15, -0.1) is 10.2 Å². The van der Waals surface area contributed by atoms with Crippen LogP contribution in [0.15, 0.2) is 47.6 Å². The Hall–Kier alpha value is -3.40. The predicted molar refractivity (Wildman–Crippen MR) is 120 cm³/mol. The molecule has 0 unspecified atom stereocenters. The maximum atomic E-state index is 13.4. The highest BCUT2D eigenvalue weighted by Gasteiger charge is 2.15. The van der Waals surface area contributed by atoms with Crippen molar-refractivity contribution in [2.75, 3.05) is 18.2 Å². The number of nitrogens with one attached hydrogen (secondary N) is 2. The number of amides is 2. The summed E-state index contributed by atoms with van der Waals surface area (Å²) in [5.41, 5.74) is 1.69. The van der Waals surface area contributed by atoms with Gasteiger partial charge in [0.15, 0.2) is 11.0 Å². The molecule has 0 aliphatic heterocycles. The van der Waals surface area contributed by atoms with E-state index in [1.807, 2.05) is 11.5 Å². The maximum Gasteiger partial charge on any atom is 0.251 e. The molecule has 3 rings (SSSR count). The molecular formula is C22H24FN5O3S. The zero-order chi connectivity index (χ0) is 23.1. The van der Waals surface area contributed by atoms with Gasteiger partial charge in [-0.2, -0.15) is 0 Å². The Morgan fingerprint density at radius 2 is 2.00 bits per heavy atom. The van der Waals surface area contributed by atoms with Crippen molar-refractivity contribution in [3.05, 3.63) is 65.2 Å². The molecule has 0 saturated heterocycles. The Morgan fingerprint density at radius 1 is 1.19 bits per heavy atom. The first-order valence-corrected chi connectivity index (χ1v) is 10.9. The second-order valence-corrected chi connectivity index (χ2v) is 7.80. The van der Waals surface area contributed by atoms with Crippen molar-refractivity contribution in [2.45, 2.75) is 32.1 Å². The number of hydrogen-bond donors (Lipinski definition) is 2. The van der Waals surface area contributed by atoms with E-state index < -0.39 is 5.82 Å². The van der Waals surface area contributed by atoms with Crippen LogP contribution >= 0.6 is 11.8 Å². The minimum atomic E-state index is -0.412. The minimum absolute atomic E-state index is 0.0876. The highest BCUT2D eigenvalue weighted by molar-refractivity contribution is 7.99. The molecule has 32 heavy (non-hydrogen) atoms. The molecule has 0 aliphatic rings. The molecule has 10 heteroatoms. The molecule has 1 aromatic heterocycles. The van der Waals surface area contributed by atoms with E-state index >= 15 is 0 Å². The lowest BCUT2D eigenvalue weighted by Crippen LogP contribution is -2.24. The Kier molecular flexibility index (Phi) is 7.82. The van der Waals surface area contributed by atoms with Crippen molar-refractivity contribution in [3.8, 4) is 5.75 Å². The summed E-state index contributed by atoms with van der Waals surface area (Å²) in [4.78, 5) is 24.7. The second-order valence-electron chi connectivity index (χ2n) is 6.85. The number of halogens is 1. The smallest absolute Gasteiger partial charge is 0.251 e. The first-order chi connectivity index (χ1) is 15.4. The first-order valence-electron chi connectivity index (χ1n) is 9.94. The lowest BCUT2D eigenvalue weighted by molar-refractivity contribution is -0.113. The van der Waals surface area contributed by atoms with Gasteiger partial charge in [-0.1, -0.05) is 23.9 Å². The molecule has 0 radical (unpaired) electrons. The van der Waals surface area contributed by atoms with Crippen LogP contribution in [-0.4, -0.2) is 39.4 Å². The molecule has 0 saturated carbocycles. The summed E-state index contributed by atoms with van der Waals surface area (Å²) in [6.07, 6.45) is 0. The number of thioether (sulfide) groups is 1. The Morgan fingerprint density at radius 3 is 2.75 bits per heavy atom. The molecule has 2 aromatic carbocycles. The van der Waals surface area contributed by atoms with Crippen LogP contribution in [0.4, 0.5) is 10.1 Å². The quantitative estimate of drug-likeness (QED) is 0.478. The number of anilines is 1. The molecule has 0 atom stereocenters. The standard InChI is InChI=1S/C22H24FN5O3S/c1-4-28-19(12-24-21(30)15-6-5-7-17(10-15)31-3)26-27-22(28)32-13-20(29)25-18-11-16(23)9-8-14(18)2/h5-11H,4,12-13H2,1-3H3,(H,24,30)(H,25,29). The van der Waals surface area contributed by atoms with Crippen molar-refractivity contribution in [1.82, 2.24) is 20.1 Å². The summed E-state index contributed by atoms with van der Waals surface area (Å²) in [6, 6.07) is 11.1. The third-order valence-electron chi connectivity index (χ3n) is 4.65. The van der Waals surface area contributed by atoms with E-state index in [0.717, 1.165) is 5.56 Å². The predicted octanol–water partition coefficient (Wildman–Crippen LogP) is 3.41. The number of carbonyl (C=O) groups is 2. The molecule has 168 valence electrons. The molecule has 0 fully saturated rings. The number of hydrogen-bond acceptors (Lipinski definition) is 6. The lowest BCUT2D eigenvalue weighted by Gasteiger charge is -2.10. The summed E-state index contributed by atoms with van der Waals surface area (Å²) in [5.74, 6) is 0.317. The van der Waals surface area contributed by atoms with E-state index in [9.17, 15) is 14.0 Å². The van der Waals surface area contributed by atoms with Gasteiger partial charge in [-0.05, 0) is 49.7 Å². The van der Waals surface area contributed by atoms with Crippen LogP contribution in [0.2, 0.25) is 0 Å². The molecular weight excluding hydrogens is 433 g/mol. The molecule has 8 nitrogen and oxygen atoms in total. The SMILES string of the molecule is CCn1c(CNC(=O)c2cccc(OC)c2)nnc1SCC(=O)Nc1cc(F)ccc1C. The van der Waals surface area contributed by atoms with Crippen LogP contribution in [0, 0.1) is 12.7 Å². The largest absolute Gasteiger partial charge is 0.497 e. The monoisotopic (exact) mass is 457 g/mol. The van der Waals surface area contributed by atoms with Crippen molar-refractivity contribution < 1.29 is 18.7 Å². The summed E-state index contributed by atoms with van der Waals surface area (Å²) in [7, 11) is 1.54. The van der Waals surface area contributed by atoms with Crippen LogP contribution in [0.5, 0.6) is 5.75 Å². The number of ether oxygens (including phenoxy) is 1. The average Bonchev–Trinajstić information content (AvgIpc) is 3.20.